The normalized spacial score (nSPS) is 12.0. The van der Waals surface area contributed by atoms with Crippen molar-refractivity contribution in [2.45, 2.75) is 16.4 Å². The standard InChI is InChI=1S/C19H12F3N5O3S/c20-19(21,22)11-5-7-15(16(9-11)27(28)29)26-23-10-12-6-8-17(30-12)31-18-24-13-3-1-2-4-14(13)25-18/h1-10,26H,(H,24,25)/b23-10-. The summed E-state index contributed by atoms with van der Waals surface area (Å²) in [4.78, 5) is 17.8. The zero-order valence-corrected chi connectivity index (χ0v) is 16.2. The van der Waals surface area contributed by atoms with Gasteiger partial charge in [-0.25, -0.2) is 4.98 Å². The quantitative estimate of drug-likeness (QED) is 0.224. The fourth-order valence-electron chi connectivity index (χ4n) is 2.65. The number of alkyl halides is 3. The molecule has 0 atom stereocenters. The fraction of sp³-hybridized carbons (Fsp3) is 0.0526. The van der Waals surface area contributed by atoms with E-state index in [-0.39, 0.29) is 5.69 Å². The highest BCUT2D eigenvalue weighted by molar-refractivity contribution is 7.99. The van der Waals surface area contributed by atoms with Crippen LogP contribution in [0, 0.1) is 10.1 Å². The summed E-state index contributed by atoms with van der Waals surface area (Å²) in [5, 5.41) is 16.1. The number of imidazole rings is 1. The number of nitro benzene ring substituents is 1. The number of hydrazone groups is 1. The summed E-state index contributed by atoms with van der Waals surface area (Å²) in [6.45, 7) is 0. The predicted octanol–water partition coefficient (Wildman–Crippen LogP) is 5.68. The van der Waals surface area contributed by atoms with Crippen LogP contribution < -0.4 is 5.43 Å². The van der Waals surface area contributed by atoms with Gasteiger partial charge in [0.1, 0.15) is 11.4 Å². The Hall–Kier alpha value is -3.80. The molecule has 0 fully saturated rings. The van der Waals surface area contributed by atoms with Crippen molar-refractivity contribution in [2.24, 2.45) is 5.10 Å². The van der Waals surface area contributed by atoms with E-state index in [0.717, 1.165) is 23.2 Å². The van der Waals surface area contributed by atoms with E-state index in [9.17, 15) is 23.3 Å². The summed E-state index contributed by atoms with van der Waals surface area (Å²) >= 11 is 1.26. The molecule has 2 N–H and O–H groups in total. The number of nitro groups is 1. The van der Waals surface area contributed by atoms with Gasteiger partial charge in [-0.1, -0.05) is 12.1 Å². The number of halogens is 3. The Labute approximate surface area is 176 Å². The van der Waals surface area contributed by atoms with Gasteiger partial charge in [-0.3, -0.25) is 15.5 Å². The van der Waals surface area contributed by atoms with E-state index in [1.807, 2.05) is 24.3 Å². The number of fused-ring (bicyclic) bond motifs is 1. The number of hydrogen-bond acceptors (Lipinski definition) is 7. The third-order valence-electron chi connectivity index (χ3n) is 4.07. The van der Waals surface area contributed by atoms with Crippen LogP contribution in [0.15, 0.2) is 74.4 Å². The van der Waals surface area contributed by atoms with Crippen LogP contribution in [0.4, 0.5) is 24.5 Å². The molecule has 0 aliphatic rings. The zero-order chi connectivity index (χ0) is 22.0. The molecular weight excluding hydrogens is 435 g/mol. The average molecular weight is 447 g/mol. The van der Waals surface area contributed by atoms with Gasteiger partial charge in [0.15, 0.2) is 10.2 Å². The maximum atomic E-state index is 12.8. The molecule has 4 rings (SSSR count). The molecule has 158 valence electrons. The molecule has 12 heteroatoms. The molecule has 0 aliphatic heterocycles. The number of aromatic nitrogens is 2. The Balaban J connectivity index is 1.45. The minimum Gasteiger partial charge on any atom is -0.448 e. The van der Waals surface area contributed by atoms with Crippen LogP contribution in [0.3, 0.4) is 0 Å². The van der Waals surface area contributed by atoms with E-state index < -0.39 is 22.4 Å². The molecule has 2 aromatic carbocycles. The summed E-state index contributed by atoms with van der Waals surface area (Å²) in [6.07, 6.45) is -3.43. The predicted molar refractivity (Wildman–Crippen MR) is 108 cm³/mol. The number of nitrogens with one attached hydrogen (secondary N) is 2. The van der Waals surface area contributed by atoms with E-state index in [0.29, 0.717) is 22.1 Å². The zero-order valence-electron chi connectivity index (χ0n) is 15.4. The van der Waals surface area contributed by atoms with Crippen molar-refractivity contribution >= 4 is 40.4 Å². The van der Waals surface area contributed by atoms with Crippen molar-refractivity contribution < 1.29 is 22.5 Å². The molecule has 2 aromatic heterocycles. The third kappa shape index (κ3) is 4.69. The van der Waals surface area contributed by atoms with Crippen LogP contribution in [0.25, 0.3) is 11.0 Å². The van der Waals surface area contributed by atoms with Gasteiger partial charge < -0.3 is 9.40 Å². The molecule has 8 nitrogen and oxygen atoms in total. The minimum atomic E-state index is -4.69. The summed E-state index contributed by atoms with van der Waals surface area (Å²) in [7, 11) is 0. The first kappa shape index (κ1) is 20.5. The van der Waals surface area contributed by atoms with Crippen molar-refractivity contribution in [1.29, 1.82) is 0 Å². The molecule has 4 aromatic rings. The molecular formula is C19H12F3N5O3S. The number of anilines is 1. The molecule has 0 saturated carbocycles. The first-order valence-electron chi connectivity index (χ1n) is 8.67. The van der Waals surface area contributed by atoms with Gasteiger partial charge in [0, 0.05) is 6.07 Å². The number of aromatic amines is 1. The second kappa shape index (κ2) is 8.14. The molecule has 2 heterocycles. The molecule has 0 saturated heterocycles. The van der Waals surface area contributed by atoms with E-state index in [1.54, 1.807) is 12.1 Å². The van der Waals surface area contributed by atoms with Gasteiger partial charge >= 0.3 is 6.18 Å². The van der Waals surface area contributed by atoms with Gasteiger partial charge in [-0.2, -0.15) is 18.3 Å². The third-order valence-corrected chi connectivity index (χ3v) is 4.87. The van der Waals surface area contributed by atoms with Gasteiger partial charge in [0.25, 0.3) is 5.69 Å². The SMILES string of the molecule is O=[N+]([O-])c1cc(C(F)(F)F)ccc1N/N=C\c1ccc(Sc2nc3ccccc3[nH]2)o1. The van der Waals surface area contributed by atoms with Crippen molar-refractivity contribution in [3.05, 3.63) is 76.0 Å². The van der Waals surface area contributed by atoms with Crippen LogP contribution in [0.2, 0.25) is 0 Å². The van der Waals surface area contributed by atoms with Crippen LogP contribution in [-0.2, 0) is 6.18 Å². The second-order valence-electron chi connectivity index (χ2n) is 6.17. The van der Waals surface area contributed by atoms with Crippen LogP contribution >= 0.6 is 11.8 Å². The maximum Gasteiger partial charge on any atom is 0.416 e. The average Bonchev–Trinajstić information content (AvgIpc) is 3.33. The van der Waals surface area contributed by atoms with Crippen LogP contribution in [0.1, 0.15) is 11.3 Å². The Kier molecular flexibility index (Phi) is 5.38. The number of nitrogens with zero attached hydrogens (tertiary/aromatic N) is 3. The van der Waals surface area contributed by atoms with Crippen molar-refractivity contribution in [3.8, 4) is 0 Å². The number of hydrogen-bond donors (Lipinski definition) is 2. The van der Waals surface area contributed by atoms with E-state index in [2.05, 4.69) is 20.5 Å². The number of rotatable bonds is 6. The Morgan fingerprint density at radius 2 is 2.00 bits per heavy atom. The molecule has 0 amide bonds. The fourth-order valence-corrected chi connectivity index (χ4v) is 3.42. The first-order chi connectivity index (χ1) is 14.8. The Morgan fingerprint density at radius 3 is 2.74 bits per heavy atom. The first-order valence-corrected chi connectivity index (χ1v) is 9.48. The minimum absolute atomic E-state index is 0.183. The lowest BCUT2D eigenvalue weighted by Crippen LogP contribution is -2.06. The molecule has 0 radical (unpaired) electrons. The lowest BCUT2D eigenvalue weighted by Gasteiger charge is -2.08. The molecule has 31 heavy (non-hydrogen) atoms. The highest BCUT2D eigenvalue weighted by Gasteiger charge is 2.33. The van der Waals surface area contributed by atoms with Gasteiger partial charge in [-0.05, 0) is 48.2 Å². The van der Waals surface area contributed by atoms with Crippen LogP contribution in [0.5, 0.6) is 0 Å². The molecule has 0 unspecified atom stereocenters. The monoisotopic (exact) mass is 447 g/mol. The highest BCUT2D eigenvalue weighted by Crippen LogP contribution is 2.35. The topological polar surface area (TPSA) is 109 Å². The van der Waals surface area contributed by atoms with E-state index in [4.69, 9.17) is 4.42 Å². The summed E-state index contributed by atoms with van der Waals surface area (Å²) in [5.74, 6) is 0.334. The highest BCUT2D eigenvalue weighted by atomic mass is 32.2. The molecule has 0 spiro atoms. The number of para-hydroxylation sites is 2. The Morgan fingerprint density at radius 1 is 1.19 bits per heavy atom. The number of furan rings is 1. The summed E-state index contributed by atoms with van der Waals surface area (Å²) < 4.78 is 43.9. The lowest BCUT2D eigenvalue weighted by atomic mass is 10.1. The van der Waals surface area contributed by atoms with Crippen LogP contribution in [-0.4, -0.2) is 21.1 Å². The smallest absolute Gasteiger partial charge is 0.416 e. The van der Waals surface area contributed by atoms with Crippen molar-refractivity contribution in [1.82, 2.24) is 9.97 Å². The number of benzene rings is 2. The molecule has 0 aliphatic carbocycles. The maximum absolute atomic E-state index is 12.8. The van der Waals surface area contributed by atoms with Gasteiger partial charge in [0.2, 0.25) is 0 Å². The Bertz CT molecular complexity index is 1250. The second-order valence-corrected chi connectivity index (χ2v) is 7.17. The van der Waals surface area contributed by atoms with E-state index in [1.165, 1.54) is 18.0 Å². The van der Waals surface area contributed by atoms with Crippen molar-refractivity contribution in [3.63, 3.8) is 0 Å². The van der Waals surface area contributed by atoms with Gasteiger partial charge in [-0.15, -0.1) is 0 Å². The van der Waals surface area contributed by atoms with Crippen molar-refractivity contribution in [2.75, 3.05) is 5.43 Å². The summed E-state index contributed by atoms with van der Waals surface area (Å²) in [6, 6.07) is 13.0. The lowest BCUT2D eigenvalue weighted by molar-refractivity contribution is -0.384. The van der Waals surface area contributed by atoms with Gasteiger partial charge in [0.05, 0.1) is 27.7 Å². The number of H-pyrrole nitrogens is 1. The van der Waals surface area contributed by atoms with E-state index >= 15 is 0 Å². The largest absolute Gasteiger partial charge is 0.448 e. The summed E-state index contributed by atoms with van der Waals surface area (Å²) in [5.41, 5.74) is 2.04. The molecule has 0 bridgehead atoms.